The maximum Gasteiger partial charge on any atom is 0.416 e. The smallest absolute Gasteiger partial charge is 0.313 e. The van der Waals surface area contributed by atoms with E-state index in [0.717, 1.165) is 23.0 Å². The normalized spacial score (nSPS) is 13.4. The van der Waals surface area contributed by atoms with Crippen molar-refractivity contribution in [1.82, 2.24) is 15.3 Å². The molecule has 7 heteroatoms. The Kier molecular flexibility index (Phi) is 4.39. The lowest BCUT2D eigenvalue weighted by molar-refractivity contribution is -0.138. The second kappa shape index (κ2) is 5.88. The Balaban J connectivity index is 2.32. The van der Waals surface area contributed by atoms with Crippen molar-refractivity contribution in [2.24, 2.45) is 0 Å². The van der Waals surface area contributed by atoms with Crippen molar-refractivity contribution in [2.45, 2.75) is 25.6 Å². The van der Waals surface area contributed by atoms with Crippen LogP contribution >= 0.6 is 11.3 Å². The summed E-state index contributed by atoms with van der Waals surface area (Å²) in [5.74, 6) is 0. The van der Waals surface area contributed by atoms with E-state index in [-0.39, 0.29) is 5.56 Å². The van der Waals surface area contributed by atoms with Crippen LogP contribution in [0.3, 0.4) is 0 Å². The molecule has 0 aromatic carbocycles. The van der Waals surface area contributed by atoms with Gasteiger partial charge in [-0.25, -0.2) is 4.98 Å². The molecule has 0 spiro atoms. The first-order chi connectivity index (χ1) is 9.41. The van der Waals surface area contributed by atoms with Gasteiger partial charge in [0.2, 0.25) is 0 Å². The monoisotopic (exact) mass is 301 g/mol. The van der Waals surface area contributed by atoms with Crippen LogP contribution in [0.4, 0.5) is 13.2 Å². The lowest BCUT2D eigenvalue weighted by Crippen LogP contribution is -2.23. The fourth-order valence-corrected chi connectivity index (χ4v) is 2.80. The van der Waals surface area contributed by atoms with E-state index in [9.17, 15) is 13.2 Å². The molecule has 2 rings (SSSR count). The van der Waals surface area contributed by atoms with Crippen molar-refractivity contribution in [3.63, 3.8) is 0 Å². The van der Waals surface area contributed by atoms with Gasteiger partial charge in [0.05, 0.1) is 10.6 Å². The van der Waals surface area contributed by atoms with Crippen molar-refractivity contribution in [2.75, 3.05) is 7.05 Å². The number of thiazole rings is 1. The Morgan fingerprint density at radius 1 is 1.40 bits per heavy atom. The number of nitrogens with zero attached hydrogens (tertiary/aromatic N) is 2. The summed E-state index contributed by atoms with van der Waals surface area (Å²) in [5, 5.41) is 5.60. The molecule has 0 aliphatic heterocycles. The van der Waals surface area contributed by atoms with Crippen LogP contribution in [-0.2, 0) is 12.6 Å². The van der Waals surface area contributed by atoms with Gasteiger partial charge in [0.15, 0.2) is 0 Å². The van der Waals surface area contributed by atoms with E-state index in [4.69, 9.17) is 0 Å². The number of hydrogen-bond acceptors (Lipinski definition) is 4. The highest BCUT2D eigenvalue weighted by molar-refractivity contribution is 7.09. The maximum absolute atomic E-state index is 13.0. The number of rotatable bonds is 4. The number of likely N-dealkylation sites (N-methyl/N-ethyl adjacent to an activating group) is 1. The molecule has 3 nitrogen and oxygen atoms in total. The van der Waals surface area contributed by atoms with Crippen molar-refractivity contribution in [3.8, 4) is 0 Å². The fraction of sp³-hybridized carbons (Fsp3) is 0.385. The molecule has 1 atom stereocenters. The summed E-state index contributed by atoms with van der Waals surface area (Å²) in [7, 11) is 1.64. The SMILES string of the molecule is CNC(Cc1nc(C)cs1)c1cnccc1C(F)(F)F. The van der Waals surface area contributed by atoms with Crippen LogP contribution in [0.25, 0.3) is 0 Å². The largest absolute Gasteiger partial charge is 0.416 e. The highest BCUT2D eigenvalue weighted by Gasteiger charge is 2.35. The minimum atomic E-state index is -4.38. The van der Waals surface area contributed by atoms with E-state index in [1.165, 1.54) is 17.5 Å². The summed E-state index contributed by atoms with van der Waals surface area (Å²) >= 11 is 1.45. The molecule has 1 unspecified atom stereocenters. The van der Waals surface area contributed by atoms with Gasteiger partial charge < -0.3 is 5.32 Å². The van der Waals surface area contributed by atoms with E-state index in [1.807, 2.05) is 12.3 Å². The molecule has 0 saturated carbocycles. The van der Waals surface area contributed by atoms with Crippen LogP contribution in [0.15, 0.2) is 23.8 Å². The Morgan fingerprint density at radius 3 is 2.70 bits per heavy atom. The highest BCUT2D eigenvalue weighted by atomic mass is 32.1. The van der Waals surface area contributed by atoms with Gasteiger partial charge in [0.1, 0.15) is 0 Å². The summed E-state index contributed by atoms with van der Waals surface area (Å²) in [6.07, 6.45) is -1.55. The summed E-state index contributed by atoms with van der Waals surface area (Å²) in [4.78, 5) is 8.11. The van der Waals surface area contributed by atoms with Gasteiger partial charge in [0, 0.05) is 35.9 Å². The van der Waals surface area contributed by atoms with Crippen molar-refractivity contribution < 1.29 is 13.2 Å². The number of aromatic nitrogens is 2. The van der Waals surface area contributed by atoms with Crippen LogP contribution < -0.4 is 5.32 Å². The third-order valence-electron chi connectivity index (χ3n) is 2.93. The predicted molar refractivity (Wildman–Crippen MR) is 71.6 cm³/mol. The van der Waals surface area contributed by atoms with E-state index in [2.05, 4.69) is 15.3 Å². The Labute approximate surface area is 118 Å². The Bertz CT molecular complexity index is 580. The van der Waals surface area contributed by atoms with Crippen LogP contribution in [0, 0.1) is 6.92 Å². The van der Waals surface area contributed by atoms with Crippen molar-refractivity contribution in [1.29, 1.82) is 0 Å². The van der Waals surface area contributed by atoms with Crippen LogP contribution in [0.5, 0.6) is 0 Å². The van der Waals surface area contributed by atoms with E-state index < -0.39 is 17.8 Å². The number of pyridine rings is 1. The molecule has 0 bridgehead atoms. The topological polar surface area (TPSA) is 37.8 Å². The molecule has 20 heavy (non-hydrogen) atoms. The molecule has 2 aromatic rings. The standard InChI is InChI=1S/C13H14F3N3S/c1-8-7-20-12(19-8)5-11(17-2)9-6-18-4-3-10(9)13(14,15)16/h3-4,6-7,11,17H,5H2,1-2H3. The number of alkyl halides is 3. The van der Waals surface area contributed by atoms with Gasteiger partial charge >= 0.3 is 6.18 Å². The molecule has 0 saturated heterocycles. The molecule has 0 fully saturated rings. The maximum atomic E-state index is 13.0. The van der Waals surface area contributed by atoms with Crippen LogP contribution in [-0.4, -0.2) is 17.0 Å². The fourth-order valence-electron chi connectivity index (χ4n) is 1.98. The lowest BCUT2D eigenvalue weighted by Gasteiger charge is -2.20. The minimum Gasteiger partial charge on any atom is -0.313 e. The van der Waals surface area contributed by atoms with Crippen molar-refractivity contribution in [3.05, 3.63) is 45.7 Å². The zero-order valence-corrected chi connectivity index (χ0v) is 11.8. The van der Waals surface area contributed by atoms with Gasteiger partial charge in [-0.1, -0.05) is 0 Å². The highest BCUT2D eigenvalue weighted by Crippen LogP contribution is 2.35. The van der Waals surface area contributed by atoms with E-state index >= 15 is 0 Å². The number of halogens is 3. The molecule has 0 aliphatic rings. The first-order valence-corrected chi connectivity index (χ1v) is 6.89. The van der Waals surface area contributed by atoms with Crippen LogP contribution in [0.1, 0.15) is 27.9 Å². The molecule has 0 aliphatic carbocycles. The summed E-state index contributed by atoms with van der Waals surface area (Å²) in [5.41, 5.74) is 0.373. The second-order valence-electron chi connectivity index (χ2n) is 4.39. The quantitative estimate of drug-likeness (QED) is 0.941. The average Bonchev–Trinajstić information content (AvgIpc) is 2.80. The number of aryl methyl sites for hydroxylation is 1. The molecule has 0 amide bonds. The van der Waals surface area contributed by atoms with E-state index in [1.54, 1.807) is 7.05 Å². The minimum absolute atomic E-state index is 0.148. The van der Waals surface area contributed by atoms with Gasteiger partial charge in [-0.2, -0.15) is 13.2 Å². The molecule has 2 aromatic heterocycles. The molecule has 2 heterocycles. The van der Waals surface area contributed by atoms with Crippen molar-refractivity contribution >= 4 is 11.3 Å². The van der Waals surface area contributed by atoms with Crippen LogP contribution in [0.2, 0.25) is 0 Å². The Hall–Kier alpha value is -1.47. The summed E-state index contributed by atoms with van der Waals surface area (Å²) < 4.78 is 39.1. The van der Waals surface area contributed by atoms with Gasteiger partial charge in [-0.3, -0.25) is 4.98 Å². The first kappa shape index (κ1) is 14.9. The van der Waals surface area contributed by atoms with Gasteiger partial charge in [-0.05, 0) is 25.6 Å². The third kappa shape index (κ3) is 3.34. The molecular formula is C13H14F3N3S. The predicted octanol–water partition coefficient (Wildman–Crippen LogP) is 3.37. The average molecular weight is 301 g/mol. The zero-order chi connectivity index (χ0) is 14.8. The molecule has 0 radical (unpaired) electrons. The molecule has 108 valence electrons. The second-order valence-corrected chi connectivity index (χ2v) is 5.33. The van der Waals surface area contributed by atoms with E-state index in [0.29, 0.717) is 6.42 Å². The molecule has 1 N–H and O–H groups in total. The lowest BCUT2D eigenvalue weighted by atomic mass is 10.0. The molecular weight excluding hydrogens is 287 g/mol. The van der Waals surface area contributed by atoms with Gasteiger partial charge in [-0.15, -0.1) is 11.3 Å². The summed E-state index contributed by atoms with van der Waals surface area (Å²) in [6.45, 7) is 1.86. The van der Waals surface area contributed by atoms with Gasteiger partial charge in [0.25, 0.3) is 0 Å². The summed E-state index contributed by atoms with van der Waals surface area (Å²) in [6, 6.07) is 0.540. The Morgan fingerprint density at radius 2 is 2.15 bits per heavy atom. The number of hydrogen-bond donors (Lipinski definition) is 1. The number of nitrogens with one attached hydrogen (secondary N) is 1. The third-order valence-corrected chi connectivity index (χ3v) is 3.92. The zero-order valence-electron chi connectivity index (χ0n) is 11.0. The first-order valence-electron chi connectivity index (χ1n) is 6.01.